The molecule has 0 amide bonds. The summed E-state index contributed by atoms with van der Waals surface area (Å²) in [6.07, 6.45) is -1.99. The minimum atomic E-state index is -1.52. The van der Waals surface area contributed by atoms with E-state index in [1.165, 1.54) is 0 Å². The molecule has 188 valence electrons. The van der Waals surface area contributed by atoms with Gasteiger partial charge in [-0.05, 0) is 62.0 Å². The first kappa shape index (κ1) is 23.4. The fourth-order valence-electron chi connectivity index (χ4n) is 7.42. The normalized spacial score (nSPS) is 51.5. The summed E-state index contributed by atoms with van der Waals surface area (Å²) in [6.45, 7) is -0.531. The molecule has 1 aromatic carbocycles. The summed E-state index contributed by atoms with van der Waals surface area (Å²) in [5.41, 5.74) is 0.0678. The van der Waals surface area contributed by atoms with Gasteiger partial charge in [-0.15, -0.1) is 11.6 Å². The Morgan fingerprint density at radius 2 is 1.76 bits per heavy atom. The summed E-state index contributed by atoms with van der Waals surface area (Å²) in [6, 6.07) is 7.10. The second-order valence-corrected chi connectivity index (χ2v) is 11.4. The zero-order valence-corrected chi connectivity index (χ0v) is 19.6. The monoisotopic (exact) mass is 498 g/mol. The quantitative estimate of drug-likeness (QED) is 0.349. The van der Waals surface area contributed by atoms with Gasteiger partial charge in [-0.3, -0.25) is 0 Å². The number of rotatable bonds is 5. The molecule has 4 saturated carbocycles. The number of benzene rings is 1. The molecular formula is C24H31ClO9. The summed E-state index contributed by atoms with van der Waals surface area (Å²) >= 11 is 6.96. The molecule has 10 heteroatoms. The second-order valence-electron chi connectivity index (χ2n) is 10.6. The number of halogens is 1. The molecule has 1 aromatic rings. The maximum atomic E-state index is 10.4. The van der Waals surface area contributed by atoms with Crippen molar-refractivity contribution in [3.8, 4) is 5.75 Å². The average molecular weight is 499 g/mol. The smallest absolute Gasteiger partial charge is 0.260 e. The van der Waals surface area contributed by atoms with Crippen LogP contribution >= 0.6 is 11.6 Å². The largest absolute Gasteiger partial charge is 0.462 e. The molecule has 2 aliphatic heterocycles. The van der Waals surface area contributed by atoms with E-state index in [-0.39, 0.29) is 16.7 Å². The molecule has 11 atom stereocenters. The summed E-state index contributed by atoms with van der Waals surface area (Å²) in [7, 11) is 1.61. The molecule has 2 saturated heterocycles. The van der Waals surface area contributed by atoms with Crippen LogP contribution in [0.15, 0.2) is 24.3 Å². The highest BCUT2D eigenvalue weighted by atomic mass is 35.5. The third-order valence-electron chi connectivity index (χ3n) is 8.74. The highest BCUT2D eigenvalue weighted by molar-refractivity contribution is 6.24. The molecule has 0 aromatic heterocycles. The number of aliphatic hydroxyl groups is 4. The van der Waals surface area contributed by atoms with Crippen LogP contribution in [0.25, 0.3) is 0 Å². The van der Waals surface area contributed by atoms with Crippen LogP contribution in [0.1, 0.15) is 37.7 Å². The number of alkyl halides is 1. The van der Waals surface area contributed by atoms with Crippen molar-refractivity contribution in [2.24, 2.45) is 17.8 Å². The van der Waals surface area contributed by atoms with E-state index < -0.39 is 48.7 Å². The standard InChI is InChI=1S/C24H31ClO9/c1-30-24(23(33-34-24)14-5-12-6-15(23)10-22(25,8-12)9-14)13-3-2-4-16(7-13)31-21-20(29)19(28)18(27)17(11-26)32-21/h2-4,7,12,14-15,17-21,26-29H,5-6,8-11H2,1H3/t12?,14-,15+,17-,18+,19+,20-,21-,22?,23?,24?/m1/s1. The first-order valence-electron chi connectivity index (χ1n) is 11.9. The van der Waals surface area contributed by atoms with Gasteiger partial charge in [0.05, 0.1) is 6.61 Å². The van der Waals surface area contributed by atoms with Crippen molar-refractivity contribution in [2.75, 3.05) is 13.7 Å². The van der Waals surface area contributed by atoms with Crippen molar-refractivity contribution in [2.45, 2.75) is 79.1 Å². The SMILES string of the molecule is COC1(c2cccc(O[C@@H]3O[C@H](CO)[C@H](O)[C@H](O)[C@H]3O)c2)OOC12[C@@H]1CC3C[C@H]2CC(Cl)(C3)C1. The summed E-state index contributed by atoms with van der Waals surface area (Å²) in [4.78, 5) is 11.6. The molecule has 2 heterocycles. The van der Waals surface area contributed by atoms with Crippen LogP contribution in [-0.2, 0) is 25.0 Å². The predicted molar refractivity (Wildman–Crippen MR) is 117 cm³/mol. The van der Waals surface area contributed by atoms with Crippen molar-refractivity contribution in [1.82, 2.24) is 0 Å². The van der Waals surface area contributed by atoms with Gasteiger partial charge in [0.25, 0.3) is 5.79 Å². The first-order chi connectivity index (χ1) is 16.2. The Morgan fingerprint density at radius 1 is 1.03 bits per heavy atom. The van der Waals surface area contributed by atoms with E-state index in [1.54, 1.807) is 25.3 Å². The maximum absolute atomic E-state index is 10.4. The van der Waals surface area contributed by atoms with E-state index in [1.807, 2.05) is 6.07 Å². The number of hydrogen-bond acceptors (Lipinski definition) is 9. The van der Waals surface area contributed by atoms with Crippen molar-refractivity contribution >= 4 is 11.6 Å². The van der Waals surface area contributed by atoms with Gasteiger partial charge in [0.2, 0.25) is 6.29 Å². The third-order valence-corrected chi connectivity index (χ3v) is 9.20. The van der Waals surface area contributed by atoms with Crippen molar-refractivity contribution in [3.63, 3.8) is 0 Å². The highest BCUT2D eigenvalue weighted by Gasteiger charge is 2.78. The summed E-state index contributed by atoms with van der Waals surface area (Å²) < 4.78 is 17.4. The summed E-state index contributed by atoms with van der Waals surface area (Å²) in [5, 5.41) is 39.9. The fraction of sp³-hybridized carbons (Fsp3) is 0.750. The van der Waals surface area contributed by atoms with Gasteiger partial charge < -0.3 is 34.6 Å². The Labute approximate surface area is 202 Å². The van der Waals surface area contributed by atoms with E-state index >= 15 is 0 Å². The lowest BCUT2D eigenvalue weighted by molar-refractivity contribution is -0.645. The van der Waals surface area contributed by atoms with Crippen LogP contribution in [0.4, 0.5) is 0 Å². The third kappa shape index (κ3) is 3.09. The van der Waals surface area contributed by atoms with Gasteiger partial charge in [0, 0.05) is 17.5 Å². The lowest BCUT2D eigenvalue weighted by Gasteiger charge is -2.70. The molecule has 6 fully saturated rings. The van der Waals surface area contributed by atoms with Crippen molar-refractivity contribution in [1.29, 1.82) is 0 Å². The van der Waals surface area contributed by atoms with E-state index in [9.17, 15) is 20.4 Å². The predicted octanol–water partition coefficient (Wildman–Crippen LogP) is 1.18. The molecule has 6 aliphatic rings. The van der Waals surface area contributed by atoms with Crippen LogP contribution in [0.5, 0.6) is 5.75 Å². The van der Waals surface area contributed by atoms with Gasteiger partial charge >= 0.3 is 0 Å². The minimum absolute atomic E-state index is 0.172. The molecule has 1 spiro atoms. The Kier molecular flexibility index (Phi) is 5.50. The van der Waals surface area contributed by atoms with Crippen LogP contribution < -0.4 is 4.74 Å². The van der Waals surface area contributed by atoms with Gasteiger partial charge in [0.1, 0.15) is 30.2 Å². The van der Waals surface area contributed by atoms with Crippen LogP contribution in [-0.4, -0.2) is 75.3 Å². The lowest BCUT2D eigenvalue weighted by Crippen LogP contribution is -2.78. The topological polar surface area (TPSA) is 127 Å². The number of ether oxygens (including phenoxy) is 3. The molecule has 4 aliphatic carbocycles. The van der Waals surface area contributed by atoms with Gasteiger partial charge in [0.15, 0.2) is 5.60 Å². The second kappa shape index (κ2) is 7.99. The molecular weight excluding hydrogens is 468 g/mol. The minimum Gasteiger partial charge on any atom is -0.462 e. The van der Waals surface area contributed by atoms with Crippen molar-refractivity contribution in [3.05, 3.63) is 29.8 Å². The first-order valence-corrected chi connectivity index (χ1v) is 12.3. The number of methoxy groups -OCH3 is 1. The highest BCUT2D eigenvalue weighted by Crippen LogP contribution is 2.71. The summed E-state index contributed by atoms with van der Waals surface area (Å²) in [5.74, 6) is 0.235. The average Bonchev–Trinajstić information content (AvgIpc) is 2.78. The number of aliphatic hydroxyl groups excluding tert-OH is 4. The van der Waals surface area contributed by atoms with E-state index in [0.717, 1.165) is 32.1 Å². The molecule has 4 N–H and O–H groups in total. The zero-order valence-electron chi connectivity index (χ0n) is 18.9. The molecule has 34 heavy (non-hydrogen) atoms. The van der Waals surface area contributed by atoms with Crippen molar-refractivity contribution < 1.29 is 44.4 Å². The fourth-order valence-corrected chi connectivity index (χ4v) is 8.01. The Morgan fingerprint density at radius 3 is 2.35 bits per heavy atom. The molecule has 9 nitrogen and oxygen atoms in total. The Hall–Kier alpha value is -1.01. The van der Waals surface area contributed by atoms with Crippen LogP contribution in [0.2, 0.25) is 0 Å². The van der Waals surface area contributed by atoms with E-state index in [2.05, 4.69) is 0 Å². The zero-order chi connectivity index (χ0) is 23.9. The Balaban J connectivity index is 1.29. The van der Waals surface area contributed by atoms with Crippen LogP contribution in [0.3, 0.4) is 0 Å². The van der Waals surface area contributed by atoms with E-state index in [4.69, 9.17) is 35.6 Å². The van der Waals surface area contributed by atoms with Gasteiger partial charge in [-0.25, -0.2) is 4.89 Å². The molecule has 7 rings (SSSR count). The van der Waals surface area contributed by atoms with Gasteiger partial charge in [-0.2, -0.15) is 4.89 Å². The Bertz CT molecular complexity index is 923. The molecule has 4 unspecified atom stereocenters. The molecule has 0 radical (unpaired) electrons. The van der Waals surface area contributed by atoms with Crippen LogP contribution in [0, 0.1) is 17.8 Å². The lowest BCUT2D eigenvalue weighted by atomic mass is 9.46. The number of hydrogen-bond donors (Lipinski definition) is 4. The molecule has 4 bridgehead atoms. The van der Waals surface area contributed by atoms with E-state index in [0.29, 0.717) is 17.2 Å². The van der Waals surface area contributed by atoms with Gasteiger partial charge in [-0.1, -0.05) is 12.1 Å². The maximum Gasteiger partial charge on any atom is 0.260 e.